The molecule has 0 atom stereocenters. The zero-order valence-corrected chi connectivity index (χ0v) is 79.8. The van der Waals surface area contributed by atoms with Gasteiger partial charge in [0, 0.05) is 91.3 Å². The van der Waals surface area contributed by atoms with Crippen molar-refractivity contribution in [2.24, 2.45) is 0 Å². The first-order valence-electron chi connectivity index (χ1n) is 43.5. The van der Waals surface area contributed by atoms with E-state index in [9.17, 15) is 92.5 Å². The number of non-ortho nitro benzene ring substituents is 3. The lowest BCUT2D eigenvalue weighted by molar-refractivity contribution is -0.385. The lowest BCUT2D eigenvalue weighted by Crippen LogP contribution is -2.38. The maximum atomic E-state index is 14.3. The summed E-state index contributed by atoms with van der Waals surface area (Å²) < 4.78 is 140. The van der Waals surface area contributed by atoms with Crippen LogP contribution in [0.4, 0.5) is 22.9 Å². The number of sulfone groups is 3. The summed E-state index contributed by atoms with van der Waals surface area (Å²) in [6, 6.07) is 94.1. The van der Waals surface area contributed by atoms with E-state index in [4.69, 9.17) is 14.7 Å². The molecular formula is C105H86N12O21S5. The molecule has 0 aliphatic carbocycles. The molecule has 0 unspecified atom stereocenters. The Morgan fingerprint density at radius 1 is 0.294 bits per heavy atom. The second-order valence-corrected chi connectivity index (χ2v) is 42.1. The molecule has 0 aliphatic heterocycles. The number of nitrogens with zero attached hydrogens (tertiary/aromatic N) is 12. The summed E-state index contributed by atoms with van der Waals surface area (Å²) in [4.78, 5) is 77.9. The molecule has 4 heterocycles. The molecule has 143 heavy (non-hydrogen) atoms. The minimum Gasteiger partial charge on any atom is -0.508 e. The van der Waals surface area contributed by atoms with Gasteiger partial charge in [-0.15, -0.1) is 3.71 Å². The number of nitro groups is 3. The summed E-state index contributed by atoms with van der Waals surface area (Å²) in [6.07, 6.45) is 7.16. The summed E-state index contributed by atoms with van der Waals surface area (Å²) in [5.74, 6) is -1.43. The van der Waals surface area contributed by atoms with Crippen LogP contribution in [0.3, 0.4) is 0 Å². The third kappa shape index (κ3) is 27.9. The van der Waals surface area contributed by atoms with Crippen LogP contribution in [0.25, 0.3) is 45.0 Å². The van der Waals surface area contributed by atoms with Crippen molar-refractivity contribution in [3.63, 3.8) is 0 Å². The van der Waals surface area contributed by atoms with Crippen molar-refractivity contribution in [3.8, 4) is 68.0 Å². The van der Waals surface area contributed by atoms with Crippen molar-refractivity contribution in [2.45, 2.75) is 76.1 Å². The second-order valence-electron chi connectivity index (χ2n) is 32.1. The average molecular weight is 2010 g/mol. The van der Waals surface area contributed by atoms with Gasteiger partial charge in [0.15, 0.2) is 35.3 Å². The standard InChI is InChI=1S/C31H23N5O10S2.C25H22N2O4S.C25H22N2O2S.C24H19N3O5S/c1-21(37)46-26-13-7-23(8-14-26)30-20-32-31(29(33-30)19-22-5-3-2-4-6-22)36(47(42,43)27-15-9-24(10-16-27)34(38)39)48(44,45)28-17-11-25(12-18-28)35(40)41;28-21-10-6-19(7-11-21)16-32(30,31)17-25-23(14-18-4-2-1-3-5-18)27-24(15-26-25)20-8-12-22(29)13-9-20;28-30(29,18-21-12-6-2-7-13-21)19-25-23(16-20-10-4-1-5-11-20)27-24(17-26-25)22-14-8-3-9-15-22;28-20-10-6-18(7-11-20)23-15-25-24(22(26-23)14-17-4-2-1-3-5-17)16-33(31,32)21-12-8-19(9-13-21)27(29)30/h2-18,20H,19H2,1H3;1-13,15,28-29H,14,16-17H2;1-15,17H,16,18-19H2;1-13,15,28H,14,16H2. The molecule has 0 bridgehead atoms. The van der Waals surface area contributed by atoms with E-state index in [1.54, 1.807) is 116 Å². The summed E-state index contributed by atoms with van der Waals surface area (Å²) in [5.41, 5.74) is 12.0. The topological polar surface area (TPSA) is 493 Å². The minimum atomic E-state index is -5.10. The molecule has 17 rings (SSSR count). The van der Waals surface area contributed by atoms with Crippen LogP contribution in [0.5, 0.6) is 23.0 Å². The Hall–Kier alpha value is -17.2. The number of carbonyl (C=O) groups excluding carboxylic acids is 1. The van der Waals surface area contributed by atoms with Gasteiger partial charge >= 0.3 is 5.97 Å². The van der Waals surface area contributed by atoms with E-state index in [1.165, 1.54) is 49.5 Å². The predicted octanol–water partition coefficient (Wildman–Crippen LogP) is 18.5. The van der Waals surface area contributed by atoms with Gasteiger partial charge in [-0.25, -0.2) is 50.2 Å². The fourth-order valence-electron chi connectivity index (χ4n) is 14.5. The smallest absolute Gasteiger partial charge is 0.308 e. The molecule has 0 saturated heterocycles. The van der Waals surface area contributed by atoms with Crippen LogP contribution in [0.2, 0.25) is 0 Å². The van der Waals surface area contributed by atoms with Gasteiger partial charge in [0.2, 0.25) is 0 Å². The third-order valence-corrected chi connectivity index (χ3v) is 30.3. The molecule has 0 radical (unpaired) electrons. The van der Waals surface area contributed by atoms with Gasteiger partial charge in [0.1, 0.15) is 23.0 Å². The number of ether oxygens (including phenoxy) is 1. The molecular weight excluding hydrogens is 1930 g/mol. The Morgan fingerprint density at radius 3 is 0.888 bits per heavy atom. The number of sulfonamides is 2. The number of aromatic hydroxyl groups is 3. The summed E-state index contributed by atoms with van der Waals surface area (Å²) in [7, 11) is -20.9. The van der Waals surface area contributed by atoms with Gasteiger partial charge in [-0.1, -0.05) is 194 Å². The highest BCUT2D eigenvalue weighted by molar-refractivity contribution is 8.10. The van der Waals surface area contributed by atoms with E-state index in [0.29, 0.717) is 81.5 Å². The van der Waals surface area contributed by atoms with Gasteiger partial charge in [0.25, 0.3) is 37.1 Å². The zero-order chi connectivity index (χ0) is 101. The molecule has 0 aliphatic rings. The lowest BCUT2D eigenvalue weighted by Gasteiger charge is -2.25. The maximum absolute atomic E-state index is 14.3. The van der Waals surface area contributed by atoms with Crippen molar-refractivity contribution in [1.82, 2.24) is 39.9 Å². The highest BCUT2D eigenvalue weighted by Crippen LogP contribution is 2.37. The Morgan fingerprint density at radius 2 is 0.559 bits per heavy atom. The van der Waals surface area contributed by atoms with E-state index < -0.39 is 103 Å². The molecule has 33 nitrogen and oxygen atoms in total. The molecule has 13 aromatic carbocycles. The Bertz CT molecular complexity index is 7920. The van der Waals surface area contributed by atoms with Crippen molar-refractivity contribution in [2.75, 3.05) is 3.71 Å². The van der Waals surface area contributed by atoms with Crippen LogP contribution in [0.15, 0.2) is 391 Å². The van der Waals surface area contributed by atoms with Gasteiger partial charge in [-0.2, -0.15) is 16.8 Å². The van der Waals surface area contributed by atoms with Gasteiger partial charge in [-0.3, -0.25) is 50.1 Å². The van der Waals surface area contributed by atoms with Gasteiger partial charge < -0.3 is 20.1 Å². The summed E-state index contributed by atoms with van der Waals surface area (Å²) in [6.45, 7) is 1.25. The number of hydrogen-bond acceptors (Lipinski definition) is 29. The van der Waals surface area contributed by atoms with Crippen LogP contribution in [-0.2, 0) is 109 Å². The quantitative estimate of drug-likeness (QED) is 0.0152. The highest BCUT2D eigenvalue weighted by Gasteiger charge is 2.41. The van der Waals surface area contributed by atoms with Gasteiger partial charge in [-0.05, 0) is 155 Å². The number of carbonyl (C=O) groups is 1. The number of hydrogen-bond donors (Lipinski definition) is 3. The summed E-state index contributed by atoms with van der Waals surface area (Å²) >= 11 is 0. The first-order valence-corrected chi connectivity index (χ1v) is 51.7. The molecule has 17 aromatic rings. The number of rotatable bonds is 32. The van der Waals surface area contributed by atoms with Crippen LogP contribution in [-0.4, -0.2) is 118 Å². The number of esters is 1. The highest BCUT2D eigenvalue weighted by atomic mass is 32.3. The third-order valence-electron chi connectivity index (χ3n) is 21.6. The van der Waals surface area contributed by atoms with E-state index in [1.807, 2.05) is 152 Å². The molecule has 38 heteroatoms. The van der Waals surface area contributed by atoms with E-state index >= 15 is 0 Å². The average Bonchev–Trinajstić information content (AvgIpc) is 0.735. The molecule has 0 fully saturated rings. The zero-order valence-electron chi connectivity index (χ0n) is 75.8. The van der Waals surface area contributed by atoms with Crippen molar-refractivity contribution < 1.29 is 81.7 Å². The maximum Gasteiger partial charge on any atom is 0.308 e. The molecule has 0 spiro atoms. The number of anilines is 1. The largest absolute Gasteiger partial charge is 0.508 e. The van der Waals surface area contributed by atoms with Gasteiger partial charge in [0.05, 0.1) is 146 Å². The SMILES string of the molecule is CC(=O)Oc1ccc(-c2cnc(N(S(=O)(=O)c3ccc([N+](=O)[O-])cc3)S(=O)(=O)c3ccc([N+](=O)[O-])cc3)c(Cc3ccccc3)n2)cc1.O=S(=O)(Cc1ccc(O)cc1)Cc1ncc(-c2ccc(O)cc2)nc1Cc1ccccc1.O=S(=O)(Cc1ccccc1)Cc1ncc(-c2ccccc2)nc1Cc1ccccc1.O=[N+]([O-])c1ccc(S(=O)(=O)Cc2ncc(-c3ccc(O)cc3)nc2Cc2ccccc2)cc1. The van der Waals surface area contributed by atoms with Crippen molar-refractivity contribution in [3.05, 3.63) is 480 Å². The molecule has 0 saturated carbocycles. The fourth-order valence-corrected chi connectivity index (χ4v) is 22.4. The van der Waals surface area contributed by atoms with Crippen LogP contribution in [0, 0.1) is 30.3 Å². The van der Waals surface area contributed by atoms with E-state index in [-0.39, 0.29) is 78.1 Å². The van der Waals surface area contributed by atoms with Crippen molar-refractivity contribution >= 4 is 78.4 Å². The number of phenols is 3. The first-order chi connectivity index (χ1) is 68.5. The van der Waals surface area contributed by atoms with Crippen molar-refractivity contribution in [1.29, 1.82) is 0 Å². The lowest BCUT2D eigenvalue weighted by atomic mass is 10.1. The van der Waals surface area contributed by atoms with E-state index in [0.717, 1.165) is 111 Å². The summed E-state index contributed by atoms with van der Waals surface area (Å²) in [5, 5.41) is 61.8. The van der Waals surface area contributed by atoms with E-state index in [2.05, 4.69) is 29.9 Å². The first kappa shape index (κ1) is 102. The Labute approximate surface area is 822 Å². The van der Waals surface area contributed by atoms with Crippen LogP contribution < -0.4 is 8.45 Å². The number of nitro benzene ring substituents is 3. The Kier molecular flexibility index (Phi) is 32.8. The predicted molar refractivity (Wildman–Crippen MR) is 536 cm³/mol. The number of phenolic OH excluding ortho intramolecular Hbond substituents is 3. The van der Waals surface area contributed by atoms with Crippen LogP contribution in [0.1, 0.15) is 80.2 Å². The second kappa shape index (κ2) is 46.1. The molecule has 722 valence electrons. The van der Waals surface area contributed by atoms with Crippen LogP contribution >= 0.6 is 0 Å². The molecule has 0 amide bonds. The number of benzene rings is 13. The fraction of sp³-hybridized carbons (Fsp3) is 0.0952. The normalized spacial score (nSPS) is 11.4. The number of aromatic nitrogens is 8. The molecule has 3 N–H and O–H groups in total. The molecule has 4 aromatic heterocycles. The monoisotopic (exact) mass is 2010 g/mol. The minimum absolute atomic E-state index is 0.0132. The Balaban J connectivity index is 0.000000154.